The van der Waals surface area contributed by atoms with Crippen molar-refractivity contribution >= 4 is 17.9 Å². The van der Waals surface area contributed by atoms with E-state index in [-0.39, 0.29) is 10.7 Å². The van der Waals surface area contributed by atoms with Crippen LogP contribution in [-0.4, -0.2) is 16.3 Å². The van der Waals surface area contributed by atoms with Gasteiger partial charge in [-0.25, -0.2) is 13.6 Å². The lowest BCUT2D eigenvalue weighted by Crippen LogP contribution is -2.12. The summed E-state index contributed by atoms with van der Waals surface area (Å²) in [5, 5.41) is 4.96. The molecule has 14 heavy (non-hydrogen) atoms. The van der Waals surface area contributed by atoms with Gasteiger partial charge in [0.15, 0.2) is 0 Å². The molecule has 0 heterocycles. The molecule has 1 aromatic carbocycles. The van der Waals surface area contributed by atoms with Gasteiger partial charge in [-0.3, -0.25) is 0 Å². The molecule has 0 saturated carbocycles. The number of nitrogens with two attached hydrogens (primary N) is 1. The average molecular weight is 209 g/mol. The van der Waals surface area contributed by atoms with E-state index < -0.39 is 10.0 Å². The van der Waals surface area contributed by atoms with Gasteiger partial charge in [-0.1, -0.05) is 36.9 Å². The summed E-state index contributed by atoms with van der Waals surface area (Å²) in [5.74, 6) is -0.0514. The Balaban J connectivity index is 3.01. The molecule has 0 bridgehead atoms. The summed E-state index contributed by atoms with van der Waals surface area (Å²) in [7, 11) is 2.18. The Morgan fingerprint density at radius 1 is 1.36 bits per heavy atom. The second-order valence-corrected chi connectivity index (χ2v) is 4.69. The van der Waals surface area contributed by atoms with E-state index in [1.807, 2.05) is 6.92 Å². The lowest BCUT2D eigenvalue weighted by molar-refractivity contribution is 0.597. The molecule has 1 unspecified atom stereocenters. The molecule has 0 aliphatic rings. The van der Waals surface area contributed by atoms with Gasteiger partial charge in [0.05, 0.1) is 12.7 Å². The molecule has 0 fully saturated rings. The number of hydrogen-bond acceptors (Lipinski definition) is 2. The average Bonchev–Trinajstić information content (AvgIpc) is 2.15. The third-order valence-corrected chi connectivity index (χ3v) is 3.01. The van der Waals surface area contributed by atoms with E-state index in [9.17, 15) is 8.42 Å². The molecule has 0 spiro atoms. The molecule has 5 heteroatoms. The van der Waals surface area contributed by atoms with Crippen molar-refractivity contribution in [2.75, 3.05) is 0 Å². The SMILES string of the molecule is [B]C(CC)c1ccc(S(N)(=O)=O)cc1. The third-order valence-electron chi connectivity index (χ3n) is 2.08. The van der Waals surface area contributed by atoms with Gasteiger partial charge in [0, 0.05) is 0 Å². The molecule has 74 valence electrons. The largest absolute Gasteiger partial charge is 0.238 e. The van der Waals surface area contributed by atoms with E-state index in [2.05, 4.69) is 0 Å². The smallest absolute Gasteiger partial charge is 0.225 e. The quantitative estimate of drug-likeness (QED) is 0.753. The van der Waals surface area contributed by atoms with Crippen LogP contribution in [0, 0.1) is 0 Å². The van der Waals surface area contributed by atoms with Crippen molar-refractivity contribution in [2.24, 2.45) is 5.14 Å². The topological polar surface area (TPSA) is 60.2 Å². The third kappa shape index (κ3) is 2.59. The standard InChI is InChI=1S/C9H12BNO2S/c1-2-9(10)7-3-5-8(6-4-7)14(11,12)13/h3-6,9H,2H2,1H3,(H2,11,12,13). The zero-order valence-electron chi connectivity index (χ0n) is 7.97. The molecule has 1 aromatic rings. The molecule has 0 aliphatic carbocycles. The van der Waals surface area contributed by atoms with Crippen LogP contribution in [0.1, 0.15) is 24.7 Å². The maximum Gasteiger partial charge on any atom is 0.238 e. The highest BCUT2D eigenvalue weighted by molar-refractivity contribution is 7.89. The van der Waals surface area contributed by atoms with Gasteiger partial charge < -0.3 is 0 Å². The van der Waals surface area contributed by atoms with Crippen LogP contribution in [0.5, 0.6) is 0 Å². The second-order valence-electron chi connectivity index (χ2n) is 3.13. The number of benzene rings is 1. The Morgan fingerprint density at radius 3 is 2.21 bits per heavy atom. The second kappa shape index (κ2) is 4.15. The van der Waals surface area contributed by atoms with Crippen molar-refractivity contribution in [1.82, 2.24) is 0 Å². The molecule has 0 aromatic heterocycles. The van der Waals surface area contributed by atoms with Gasteiger partial charge in [-0.2, -0.15) is 0 Å². The molecule has 2 N–H and O–H groups in total. The highest BCUT2D eigenvalue weighted by Crippen LogP contribution is 2.17. The van der Waals surface area contributed by atoms with Crippen molar-refractivity contribution in [3.63, 3.8) is 0 Å². The van der Waals surface area contributed by atoms with Gasteiger partial charge in [0.1, 0.15) is 0 Å². The normalized spacial score (nSPS) is 13.9. The first-order chi connectivity index (χ1) is 6.45. The maximum atomic E-state index is 10.9. The summed E-state index contributed by atoms with van der Waals surface area (Å²) in [5.41, 5.74) is 0.917. The number of hydrogen-bond donors (Lipinski definition) is 1. The molecule has 0 aliphatic heterocycles. The van der Waals surface area contributed by atoms with Crippen molar-refractivity contribution in [2.45, 2.75) is 24.1 Å². The van der Waals surface area contributed by atoms with E-state index in [0.717, 1.165) is 12.0 Å². The summed E-state index contributed by atoms with van der Waals surface area (Å²) in [6.07, 6.45) is 0.814. The molecule has 1 atom stereocenters. The fraction of sp³-hybridized carbons (Fsp3) is 0.333. The first-order valence-electron chi connectivity index (χ1n) is 4.33. The van der Waals surface area contributed by atoms with Gasteiger partial charge in [-0.15, -0.1) is 0 Å². The van der Waals surface area contributed by atoms with Gasteiger partial charge >= 0.3 is 0 Å². The summed E-state index contributed by atoms with van der Waals surface area (Å²) in [6.45, 7) is 1.97. The minimum absolute atomic E-state index is 0.0514. The minimum Gasteiger partial charge on any atom is -0.225 e. The molecular formula is C9H12BNO2S. The van der Waals surface area contributed by atoms with Crippen LogP contribution < -0.4 is 5.14 Å². The summed E-state index contributed by atoms with van der Waals surface area (Å²) in [6, 6.07) is 6.32. The summed E-state index contributed by atoms with van der Waals surface area (Å²) >= 11 is 0. The molecule has 2 radical (unpaired) electrons. The monoisotopic (exact) mass is 209 g/mol. The first kappa shape index (κ1) is 11.3. The zero-order chi connectivity index (χ0) is 10.8. The van der Waals surface area contributed by atoms with Crippen molar-refractivity contribution < 1.29 is 8.42 Å². The van der Waals surface area contributed by atoms with E-state index in [0.29, 0.717) is 0 Å². The van der Waals surface area contributed by atoms with E-state index in [4.69, 9.17) is 13.0 Å². The highest BCUT2D eigenvalue weighted by atomic mass is 32.2. The van der Waals surface area contributed by atoms with Crippen LogP contribution in [0.3, 0.4) is 0 Å². The summed E-state index contributed by atoms with van der Waals surface area (Å²) in [4.78, 5) is 0.115. The summed E-state index contributed by atoms with van der Waals surface area (Å²) < 4.78 is 21.9. The predicted molar refractivity (Wildman–Crippen MR) is 56.6 cm³/mol. The van der Waals surface area contributed by atoms with Crippen molar-refractivity contribution in [3.05, 3.63) is 29.8 Å². The fourth-order valence-corrected chi connectivity index (χ4v) is 1.66. The Kier molecular flexibility index (Phi) is 3.34. The van der Waals surface area contributed by atoms with Gasteiger partial charge in [0.2, 0.25) is 10.0 Å². The predicted octanol–water partition coefficient (Wildman–Crippen LogP) is 0.954. The van der Waals surface area contributed by atoms with E-state index in [1.54, 1.807) is 12.1 Å². The number of sulfonamides is 1. The molecular weight excluding hydrogens is 197 g/mol. The fourth-order valence-electron chi connectivity index (χ4n) is 1.14. The Bertz CT molecular complexity index is 399. The molecule has 0 saturated heterocycles. The van der Waals surface area contributed by atoms with Crippen LogP contribution in [0.2, 0.25) is 0 Å². The number of primary sulfonamides is 1. The maximum absolute atomic E-state index is 10.9. The van der Waals surface area contributed by atoms with Crippen LogP contribution in [-0.2, 0) is 10.0 Å². The lowest BCUT2D eigenvalue weighted by atomic mass is 9.79. The Labute approximate surface area is 85.8 Å². The molecule has 0 amide bonds. The van der Waals surface area contributed by atoms with E-state index >= 15 is 0 Å². The van der Waals surface area contributed by atoms with Crippen LogP contribution in [0.25, 0.3) is 0 Å². The van der Waals surface area contributed by atoms with Crippen LogP contribution in [0.15, 0.2) is 29.2 Å². The van der Waals surface area contributed by atoms with Crippen LogP contribution in [0.4, 0.5) is 0 Å². The Morgan fingerprint density at radius 2 is 1.86 bits per heavy atom. The van der Waals surface area contributed by atoms with Crippen molar-refractivity contribution in [3.8, 4) is 0 Å². The first-order valence-corrected chi connectivity index (χ1v) is 5.88. The van der Waals surface area contributed by atoms with Crippen LogP contribution >= 0.6 is 0 Å². The van der Waals surface area contributed by atoms with Gasteiger partial charge in [0.25, 0.3) is 0 Å². The number of rotatable bonds is 3. The highest BCUT2D eigenvalue weighted by Gasteiger charge is 2.08. The zero-order valence-corrected chi connectivity index (χ0v) is 8.79. The lowest BCUT2D eigenvalue weighted by Gasteiger charge is -2.09. The minimum atomic E-state index is -3.59. The Hall–Kier alpha value is -0.805. The van der Waals surface area contributed by atoms with Crippen molar-refractivity contribution in [1.29, 1.82) is 0 Å². The van der Waals surface area contributed by atoms with Gasteiger partial charge in [-0.05, 0) is 12.1 Å². The molecule has 3 nitrogen and oxygen atoms in total. The van der Waals surface area contributed by atoms with E-state index in [1.165, 1.54) is 12.1 Å². The molecule has 1 rings (SSSR count).